The zero-order valence-corrected chi connectivity index (χ0v) is 9.14. The summed E-state index contributed by atoms with van der Waals surface area (Å²) >= 11 is 0. The van der Waals surface area contributed by atoms with Crippen molar-refractivity contribution in [3.05, 3.63) is 39.8 Å². The van der Waals surface area contributed by atoms with Crippen LogP contribution in [-0.4, -0.2) is 10.0 Å². The highest BCUT2D eigenvalue weighted by atomic mass is 16.6. The first-order valence-electron chi connectivity index (χ1n) is 4.89. The van der Waals surface area contributed by atoms with Gasteiger partial charge in [-0.1, -0.05) is 0 Å². The smallest absolute Gasteiger partial charge is 0.322 e. The molecule has 6 heteroatoms. The van der Waals surface area contributed by atoms with Crippen LogP contribution >= 0.6 is 0 Å². The van der Waals surface area contributed by atoms with Crippen LogP contribution in [0.5, 0.6) is 5.75 Å². The summed E-state index contributed by atoms with van der Waals surface area (Å²) in [6.45, 7) is 1.72. The first kappa shape index (κ1) is 11.2. The Morgan fingerprint density at radius 1 is 1.59 bits per heavy atom. The lowest BCUT2D eigenvalue weighted by Gasteiger charge is -1.90. The SMILES string of the molecule is C/C([NH3+])=C/c1oc2ccc(O)cc2c1[N+](=O)[O-]. The van der Waals surface area contributed by atoms with Crippen molar-refractivity contribution in [3.63, 3.8) is 0 Å². The van der Waals surface area contributed by atoms with Crippen molar-refractivity contribution < 1.29 is 20.2 Å². The van der Waals surface area contributed by atoms with E-state index >= 15 is 0 Å². The van der Waals surface area contributed by atoms with Crippen LogP contribution in [0.2, 0.25) is 0 Å². The third kappa shape index (κ3) is 1.98. The van der Waals surface area contributed by atoms with Gasteiger partial charge in [0.1, 0.15) is 22.4 Å². The number of phenolic OH excluding ortho intramolecular Hbond substituents is 1. The molecule has 1 aromatic heterocycles. The summed E-state index contributed by atoms with van der Waals surface area (Å²) in [5.74, 6) is 0.103. The van der Waals surface area contributed by atoms with Gasteiger partial charge < -0.3 is 15.3 Å². The summed E-state index contributed by atoms with van der Waals surface area (Å²) in [4.78, 5) is 10.5. The van der Waals surface area contributed by atoms with Crippen molar-refractivity contribution in [1.82, 2.24) is 0 Å². The summed E-state index contributed by atoms with van der Waals surface area (Å²) in [5.41, 5.74) is 4.51. The van der Waals surface area contributed by atoms with E-state index in [4.69, 9.17) is 4.42 Å². The molecule has 0 saturated heterocycles. The summed E-state index contributed by atoms with van der Waals surface area (Å²) in [6, 6.07) is 4.22. The molecular weight excluding hydrogens is 224 g/mol. The van der Waals surface area contributed by atoms with Gasteiger partial charge in [0.15, 0.2) is 0 Å². The Morgan fingerprint density at radius 3 is 2.88 bits per heavy atom. The third-order valence-electron chi connectivity index (χ3n) is 2.23. The molecule has 17 heavy (non-hydrogen) atoms. The first-order chi connectivity index (χ1) is 7.99. The van der Waals surface area contributed by atoms with E-state index in [1.165, 1.54) is 24.3 Å². The fourth-order valence-electron chi connectivity index (χ4n) is 1.60. The van der Waals surface area contributed by atoms with Gasteiger partial charge in [-0.3, -0.25) is 10.1 Å². The van der Waals surface area contributed by atoms with E-state index in [0.29, 0.717) is 11.3 Å². The number of furan rings is 1. The van der Waals surface area contributed by atoms with E-state index in [1.807, 2.05) is 0 Å². The van der Waals surface area contributed by atoms with E-state index < -0.39 is 4.92 Å². The molecule has 0 unspecified atom stereocenters. The fourth-order valence-corrected chi connectivity index (χ4v) is 1.60. The standard InChI is InChI=1S/C11H10N2O4/c1-6(12)4-10-11(13(15)16)8-5-7(14)2-3-9(8)17-10/h2-5,14H,12H2,1H3/p+1/b6-4-. The average Bonchev–Trinajstić information content (AvgIpc) is 2.53. The van der Waals surface area contributed by atoms with Gasteiger partial charge in [0.2, 0.25) is 5.76 Å². The first-order valence-corrected chi connectivity index (χ1v) is 4.89. The second kappa shape index (κ2) is 3.91. The highest BCUT2D eigenvalue weighted by Crippen LogP contribution is 2.35. The topological polar surface area (TPSA) is 104 Å². The largest absolute Gasteiger partial charge is 0.508 e. The quantitative estimate of drug-likeness (QED) is 0.609. The second-order valence-corrected chi connectivity index (χ2v) is 3.74. The Hall–Kier alpha value is -2.34. The second-order valence-electron chi connectivity index (χ2n) is 3.74. The average molecular weight is 235 g/mol. The molecule has 0 bridgehead atoms. The Balaban J connectivity index is 2.80. The Labute approximate surface area is 96.1 Å². The van der Waals surface area contributed by atoms with Gasteiger partial charge in [0.25, 0.3) is 0 Å². The summed E-state index contributed by atoms with van der Waals surface area (Å²) in [5, 5.41) is 20.6. The van der Waals surface area contributed by atoms with Crippen LogP contribution in [0.4, 0.5) is 5.69 Å². The maximum atomic E-state index is 11.0. The summed E-state index contributed by atoms with van der Waals surface area (Å²) in [6.07, 6.45) is 1.50. The number of aromatic hydroxyl groups is 1. The number of fused-ring (bicyclic) bond motifs is 1. The molecule has 88 valence electrons. The zero-order chi connectivity index (χ0) is 12.6. The molecular formula is C11H11N2O4+. The van der Waals surface area contributed by atoms with E-state index in [9.17, 15) is 15.2 Å². The number of nitrogens with zero attached hydrogens (tertiary/aromatic N) is 1. The number of hydrogen-bond acceptors (Lipinski definition) is 4. The predicted octanol–water partition coefficient (Wildman–Crippen LogP) is 1.65. The van der Waals surface area contributed by atoms with Crippen LogP contribution < -0.4 is 5.73 Å². The number of rotatable bonds is 2. The van der Waals surface area contributed by atoms with Crippen molar-refractivity contribution >= 4 is 22.7 Å². The molecule has 0 amide bonds. The van der Waals surface area contributed by atoms with Crippen LogP contribution in [0, 0.1) is 10.1 Å². The third-order valence-corrected chi connectivity index (χ3v) is 2.23. The number of phenols is 1. The van der Waals surface area contributed by atoms with Gasteiger partial charge in [-0.25, -0.2) is 0 Å². The predicted molar refractivity (Wildman–Crippen MR) is 61.1 cm³/mol. The summed E-state index contributed by atoms with van der Waals surface area (Å²) < 4.78 is 5.36. The van der Waals surface area contributed by atoms with Crippen LogP contribution in [0.3, 0.4) is 0 Å². The number of hydrogen-bond donors (Lipinski definition) is 2. The minimum atomic E-state index is -0.528. The van der Waals surface area contributed by atoms with Gasteiger partial charge >= 0.3 is 5.69 Å². The maximum Gasteiger partial charge on any atom is 0.322 e. The van der Waals surface area contributed by atoms with Crippen LogP contribution in [0.15, 0.2) is 28.3 Å². The van der Waals surface area contributed by atoms with Crippen molar-refractivity contribution in [2.75, 3.05) is 0 Å². The maximum absolute atomic E-state index is 11.0. The van der Waals surface area contributed by atoms with Gasteiger partial charge in [-0.15, -0.1) is 0 Å². The molecule has 0 fully saturated rings. The Morgan fingerprint density at radius 2 is 2.29 bits per heavy atom. The number of allylic oxidation sites excluding steroid dienone is 1. The van der Waals surface area contributed by atoms with Gasteiger partial charge in [-0.05, 0) is 18.2 Å². The molecule has 0 aliphatic rings. The number of quaternary nitrogens is 1. The molecule has 0 aliphatic heterocycles. The molecule has 0 atom stereocenters. The monoisotopic (exact) mass is 235 g/mol. The van der Waals surface area contributed by atoms with E-state index in [0.717, 1.165) is 0 Å². The van der Waals surface area contributed by atoms with Gasteiger partial charge in [-0.2, -0.15) is 0 Å². The highest BCUT2D eigenvalue weighted by molar-refractivity contribution is 5.92. The Kier molecular flexibility index (Phi) is 2.57. The highest BCUT2D eigenvalue weighted by Gasteiger charge is 2.23. The minimum absolute atomic E-state index is 0.0386. The molecule has 1 heterocycles. The molecule has 0 aliphatic carbocycles. The normalized spacial score (nSPS) is 12.0. The minimum Gasteiger partial charge on any atom is -0.508 e. The molecule has 2 aromatic rings. The number of benzene rings is 1. The fraction of sp³-hybridized carbons (Fsp3) is 0.0909. The molecule has 0 spiro atoms. The lowest BCUT2D eigenvalue weighted by Crippen LogP contribution is -2.45. The van der Waals surface area contributed by atoms with Gasteiger partial charge in [0, 0.05) is 13.0 Å². The van der Waals surface area contributed by atoms with Crippen molar-refractivity contribution in [3.8, 4) is 5.75 Å². The molecule has 4 N–H and O–H groups in total. The molecule has 0 radical (unpaired) electrons. The molecule has 0 saturated carbocycles. The lowest BCUT2D eigenvalue weighted by atomic mass is 10.2. The molecule has 2 rings (SSSR count). The Bertz CT molecular complexity index is 624. The van der Waals surface area contributed by atoms with E-state index in [1.54, 1.807) is 6.92 Å². The van der Waals surface area contributed by atoms with Crippen LogP contribution in [0.1, 0.15) is 12.7 Å². The lowest BCUT2D eigenvalue weighted by molar-refractivity contribution is -0.383. The number of nitro groups is 1. The van der Waals surface area contributed by atoms with E-state index in [2.05, 4.69) is 5.73 Å². The van der Waals surface area contributed by atoms with Gasteiger partial charge in [0.05, 0.1) is 4.92 Å². The molecule has 1 aromatic carbocycles. The molecule has 6 nitrogen and oxygen atoms in total. The van der Waals surface area contributed by atoms with Crippen molar-refractivity contribution in [1.29, 1.82) is 0 Å². The zero-order valence-electron chi connectivity index (χ0n) is 9.14. The van der Waals surface area contributed by atoms with Crippen LogP contribution in [-0.2, 0) is 0 Å². The van der Waals surface area contributed by atoms with E-state index in [-0.39, 0.29) is 22.6 Å². The van der Waals surface area contributed by atoms with Crippen molar-refractivity contribution in [2.24, 2.45) is 0 Å². The summed E-state index contributed by atoms with van der Waals surface area (Å²) in [7, 11) is 0. The van der Waals surface area contributed by atoms with Crippen molar-refractivity contribution in [2.45, 2.75) is 6.92 Å². The van der Waals surface area contributed by atoms with Crippen LogP contribution in [0.25, 0.3) is 17.0 Å².